The second-order valence-electron chi connectivity index (χ2n) is 26.5. The molecule has 37 heteroatoms. The van der Waals surface area contributed by atoms with Gasteiger partial charge in [-0.15, -0.1) is 16.6 Å². The number of nitriles is 11. The molecule has 131 heavy (non-hydrogen) atoms. The number of carbonyl (C=O) groups is 5. The van der Waals surface area contributed by atoms with Crippen LogP contribution < -0.4 is 20.9 Å². The number of guanidine groups is 4. The number of nitrogens with zero attached hydrogens (tertiary/aromatic N) is 24. The highest BCUT2D eigenvalue weighted by Gasteiger charge is 2.50. The van der Waals surface area contributed by atoms with Crippen molar-refractivity contribution in [1.82, 2.24) is 4.90 Å². The van der Waals surface area contributed by atoms with Crippen LogP contribution in [0, 0.1) is 198 Å². The number of hydrogen-bond acceptors (Lipinski definition) is 25. The molecule has 31 nitrogen and oxygen atoms in total. The Labute approximate surface area is 731 Å². The van der Waals surface area contributed by atoms with E-state index in [4.69, 9.17) is 81.5 Å². The molecule has 0 aromatic heterocycles. The maximum Gasteiger partial charge on any atom is 0.378 e. The van der Waals surface area contributed by atoms with Crippen molar-refractivity contribution in [3.05, 3.63) is 366 Å². The van der Waals surface area contributed by atoms with Crippen LogP contribution in [0.1, 0.15) is 68.5 Å². The van der Waals surface area contributed by atoms with Gasteiger partial charge in [-0.1, -0.05) is 146 Å². The van der Waals surface area contributed by atoms with Crippen molar-refractivity contribution in [3.63, 3.8) is 0 Å². The number of cyclic esters (lactones) is 4. The third-order valence-electron chi connectivity index (χ3n) is 19.7. The summed E-state index contributed by atoms with van der Waals surface area (Å²) in [5.41, 5.74) is 0.449. The summed E-state index contributed by atoms with van der Waals surface area (Å²) < 4.78 is 95.0. The largest absolute Gasteiger partial charge is 0.394 e. The monoisotopic (exact) mass is 1720 g/mol. The standard InChI is InChI=1S/C20H8N4.C18H8N4.C17H8N2O.C16H4F6N4.C14H4O6.C9N10/c1-23-17(11-21)19-13-7-3-5-9-15(13)20(18(12-22)24-2)16-10-6-4-8-14(16)19;1-21-17(11-19)15-7-3-13(4-8-15)14-5-9-16(10-6-14)18(12-20)22-2;1-19-15(10-18)16-11-6-2-4-8-13(11)17(20)14-9-5-3-7-12(14)16;17-11-7(5(1-23)2-24)13(19)15(21)10-9(11)16(22)14(20)8(12(10)18)6(3-25)4-26;15-11-5-1-2-6-10-8(14(18)20-12(6)16)4-3-7(9(5)10)13(17)19-11;1-12-6-17-8-15-4(2-10)13-7-14-5(3-11)16-9(18-6)19(7)8/h3-10H;3-10H;2-9H;5-8H;1-4H;. The van der Waals surface area contributed by atoms with Crippen molar-refractivity contribution < 1.29 is 59.8 Å². The normalized spacial score (nSPS) is 14.8. The number of carbonyl (C=O) groups excluding carboxylic acids is 5. The zero-order chi connectivity index (χ0) is 94.3. The van der Waals surface area contributed by atoms with E-state index in [1.165, 1.54) is 53.4 Å². The summed E-state index contributed by atoms with van der Waals surface area (Å²) in [7, 11) is 0. The van der Waals surface area contributed by atoms with Gasteiger partial charge in [0.05, 0.1) is 133 Å². The molecule has 5 aliphatic heterocycles. The van der Waals surface area contributed by atoms with Crippen LogP contribution in [0.5, 0.6) is 0 Å². The van der Waals surface area contributed by atoms with Gasteiger partial charge in [0.25, 0.3) is 28.5 Å². The number of hydrogen-bond donors (Lipinski definition) is 0. The number of benzene rings is 9. The molecular weight excluding hydrogens is 1690 g/mol. The molecule has 2 unspecified atom stereocenters. The van der Waals surface area contributed by atoms with Crippen LogP contribution in [0.25, 0.3) is 89.7 Å². The molecule has 3 aliphatic carbocycles. The molecule has 9 aromatic rings. The molecule has 0 spiro atoms. The number of amidine groups is 2. The van der Waals surface area contributed by atoms with Crippen LogP contribution in [0.2, 0.25) is 0 Å². The minimum Gasteiger partial charge on any atom is -0.394 e. The molecule has 2 atom stereocenters. The lowest BCUT2D eigenvalue weighted by molar-refractivity contribution is 0.0366. The smallest absolute Gasteiger partial charge is 0.378 e. The molecule has 0 bridgehead atoms. The molecule has 0 saturated carbocycles. The summed E-state index contributed by atoms with van der Waals surface area (Å²) in [4.78, 5) is 103. The minimum absolute atomic E-state index is 0.00438. The average molecular weight is 1720 g/mol. The highest BCUT2D eigenvalue weighted by molar-refractivity contribution is 6.34. The Balaban J connectivity index is 0.000000142. The van der Waals surface area contributed by atoms with Gasteiger partial charge in [0.2, 0.25) is 17.6 Å². The minimum atomic E-state index is -2.51. The Morgan fingerprint density at radius 1 is 0.351 bits per heavy atom. The fraction of sp³-hybridized carbons (Fsp3) is 0.0426. The number of ether oxygens (including phenoxy) is 2. The van der Waals surface area contributed by atoms with Crippen molar-refractivity contribution in [3.8, 4) is 66.8 Å². The number of ketones is 1. The Morgan fingerprint density at radius 2 is 0.656 bits per heavy atom. The molecule has 0 saturated heterocycles. The lowest BCUT2D eigenvalue weighted by atomic mass is 9.76. The van der Waals surface area contributed by atoms with E-state index in [0.29, 0.717) is 70.2 Å². The van der Waals surface area contributed by atoms with E-state index in [0.717, 1.165) is 10.4 Å². The summed E-state index contributed by atoms with van der Waals surface area (Å²) in [6, 6.07) is 66.2. The molecule has 0 fully saturated rings. The second kappa shape index (κ2) is 38.1. The fourth-order valence-electron chi connectivity index (χ4n) is 14.0. The lowest BCUT2D eigenvalue weighted by Gasteiger charge is -2.29. The summed E-state index contributed by atoms with van der Waals surface area (Å²) in [6.45, 7) is 42.6. The summed E-state index contributed by atoms with van der Waals surface area (Å²) in [6.07, 6.45) is 0. The maximum atomic E-state index is 14.5. The van der Waals surface area contributed by atoms with Gasteiger partial charge in [0.1, 0.15) is 47.3 Å². The van der Waals surface area contributed by atoms with E-state index in [2.05, 4.69) is 68.5 Å². The maximum absolute atomic E-state index is 14.5. The van der Waals surface area contributed by atoms with Gasteiger partial charge >= 0.3 is 41.8 Å². The van der Waals surface area contributed by atoms with Gasteiger partial charge in [-0.05, 0) is 77.8 Å². The second-order valence-corrected chi connectivity index (χ2v) is 26.5. The molecule has 9 aromatic carbocycles. The summed E-state index contributed by atoms with van der Waals surface area (Å²) in [5.74, 6) is -25.2. The van der Waals surface area contributed by atoms with E-state index >= 15 is 0 Å². The van der Waals surface area contributed by atoms with Gasteiger partial charge in [-0.25, -0.2) is 96.1 Å². The molecule has 0 radical (unpaired) electrons. The third-order valence-corrected chi connectivity index (χ3v) is 19.7. The number of aliphatic imine (C=N–C) groups is 6. The summed E-state index contributed by atoms with van der Waals surface area (Å²) >= 11 is 0. The third kappa shape index (κ3) is 16.4. The van der Waals surface area contributed by atoms with Crippen molar-refractivity contribution in [2.45, 2.75) is 0 Å². The van der Waals surface area contributed by atoms with Crippen LogP contribution in [-0.2, 0) is 9.47 Å². The van der Waals surface area contributed by atoms with Crippen LogP contribution >= 0.6 is 0 Å². The first-order valence-electron chi connectivity index (χ1n) is 36.5. The van der Waals surface area contributed by atoms with Crippen LogP contribution in [-0.4, -0.2) is 70.1 Å². The van der Waals surface area contributed by atoms with Crippen molar-refractivity contribution >= 4 is 126 Å². The lowest BCUT2D eigenvalue weighted by Crippen LogP contribution is -2.47. The van der Waals surface area contributed by atoms with Crippen LogP contribution in [0.3, 0.4) is 0 Å². The Kier molecular flexibility index (Phi) is 25.9. The first kappa shape index (κ1) is 88.9. The highest BCUT2D eigenvalue weighted by Crippen LogP contribution is 2.54. The van der Waals surface area contributed by atoms with Gasteiger partial charge in [0, 0.05) is 37.9 Å². The average Bonchev–Trinajstić information content (AvgIpc) is 0.654. The fourth-order valence-corrected chi connectivity index (χ4v) is 14.0. The first-order chi connectivity index (χ1) is 63.3. The number of allylic oxidation sites excluding steroid dienone is 9. The Bertz CT molecular complexity index is 7670. The van der Waals surface area contributed by atoms with E-state index in [-0.39, 0.29) is 103 Å². The van der Waals surface area contributed by atoms with Crippen molar-refractivity contribution in [2.75, 3.05) is 0 Å². The van der Waals surface area contributed by atoms with Gasteiger partial charge in [0.15, 0.2) is 17.4 Å². The van der Waals surface area contributed by atoms with E-state index in [1.807, 2.05) is 103 Å². The molecule has 0 N–H and O–H groups in total. The molecule has 5 heterocycles. The van der Waals surface area contributed by atoms with E-state index in [1.54, 1.807) is 84.9 Å². The van der Waals surface area contributed by atoms with Crippen molar-refractivity contribution in [1.29, 1.82) is 57.9 Å². The zero-order valence-corrected chi connectivity index (χ0v) is 65.3. The van der Waals surface area contributed by atoms with Crippen LogP contribution in [0.4, 0.5) is 26.3 Å². The quantitative estimate of drug-likeness (QED) is 0.0387. The van der Waals surface area contributed by atoms with Gasteiger partial charge in [-0.3, -0.25) is 4.79 Å². The predicted octanol–water partition coefficient (Wildman–Crippen LogP) is 13.9. The Hall–Kier alpha value is -21.4. The molecule has 8 aliphatic rings. The molecule has 0 amide bonds. The number of halogens is 6. The Morgan fingerprint density at radius 3 is 0.954 bits per heavy atom. The number of rotatable bonds is 2. The SMILES string of the molecule is N#CC(C#N)C1C(F)=C(F)C2=C(F)C(C(C#N)C#N)C(F)=C(F)C2=C1F.O=C1OC(=O)c2ccc3c4c(ccc1c24)C(=O)OC3=O.[C-]#[N+]C(C#N)=C1c2ccccc2C(=O)c2ccccc21.[C-]#[N+]C(C#N)=c1c2ccccc2c(=C(C#N)[N+]#[C-])c2ccccc12.[C-]#[N+]C(C#N)=c1ccc(=c2ccc(=C(C#N)[N+]#[C-])cc2)cc1.[C-]#[N+]C1=NC2=NC(C#N)=NC3=NC(C#N)=NC(=N1)N32. The van der Waals surface area contributed by atoms with Gasteiger partial charge < -0.3 is 14.3 Å². The van der Waals surface area contributed by atoms with E-state index in [9.17, 15) is 66.1 Å². The molecule has 17 rings (SSSR count). The molecular formula is C94H32F6N24O7. The first-order valence-corrected chi connectivity index (χ1v) is 36.5. The topological polar surface area (TPSA) is 469 Å². The number of esters is 4. The predicted molar refractivity (Wildman–Crippen MR) is 446 cm³/mol. The highest BCUT2D eigenvalue weighted by atomic mass is 19.2. The van der Waals surface area contributed by atoms with E-state index < -0.39 is 93.7 Å². The van der Waals surface area contributed by atoms with Crippen molar-refractivity contribution in [2.24, 2.45) is 53.6 Å². The summed E-state index contributed by atoms with van der Waals surface area (Å²) in [5, 5.41) is 106. The molecule has 612 valence electrons. The van der Waals surface area contributed by atoms with Crippen LogP contribution in [0.15, 0.2) is 252 Å². The van der Waals surface area contributed by atoms with Gasteiger partial charge in [-0.2, -0.15) is 56.4 Å². The number of fused-ring (bicyclic) bond motifs is 5. The zero-order valence-electron chi connectivity index (χ0n) is 65.3.